The molecule has 0 radical (unpaired) electrons. The average Bonchev–Trinajstić information content (AvgIpc) is 2.03. The minimum atomic E-state index is -0.599. The Morgan fingerprint density at radius 1 is 1.21 bits per heavy atom. The van der Waals surface area contributed by atoms with E-state index in [2.05, 4.69) is 27.0 Å². The van der Waals surface area contributed by atoms with Crippen molar-refractivity contribution in [2.24, 2.45) is 5.92 Å². The van der Waals surface area contributed by atoms with Gasteiger partial charge in [0.1, 0.15) is 0 Å². The van der Waals surface area contributed by atoms with E-state index >= 15 is 0 Å². The molecule has 0 heterocycles. The smallest absolute Gasteiger partial charge is 0.0716 e. The number of rotatable bonds is 8. The third-order valence-corrected chi connectivity index (χ3v) is 2.47. The molecule has 0 bridgehead atoms. The van der Waals surface area contributed by atoms with Gasteiger partial charge in [0.25, 0.3) is 0 Å². The lowest BCUT2D eigenvalue weighted by Gasteiger charge is -2.25. The van der Waals surface area contributed by atoms with Crippen molar-refractivity contribution in [2.75, 3.05) is 0 Å². The van der Waals surface area contributed by atoms with E-state index < -0.39 is 5.60 Å². The molecule has 0 saturated heterocycles. The monoisotopic (exact) mass is 196 g/mol. The van der Waals surface area contributed by atoms with Crippen LogP contribution in [-0.2, 0) is 0 Å². The Hall–Kier alpha value is -0.560. The lowest BCUT2D eigenvalue weighted by atomic mass is 9.88. The molecule has 0 unspecified atom stereocenters. The van der Waals surface area contributed by atoms with Gasteiger partial charge in [-0.25, -0.2) is 0 Å². The summed E-state index contributed by atoms with van der Waals surface area (Å²) in [4.78, 5) is 0. The summed E-state index contributed by atoms with van der Waals surface area (Å²) >= 11 is 0. The van der Waals surface area contributed by atoms with E-state index in [1.54, 1.807) is 12.2 Å². The minimum absolute atomic E-state index is 0.599. The molecule has 1 heteroatoms. The van der Waals surface area contributed by atoms with E-state index in [9.17, 15) is 5.11 Å². The van der Waals surface area contributed by atoms with Crippen molar-refractivity contribution in [1.29, 1.82) is 0 Å². The van der Waals surface area contributed by atoms with Gasteiger partial charge in [-0.15, -0.1) is 13.2 Å². The van der Waals surface area contributed by atoms with Crippen LogP contribution in [0, 0.1) is 5.92 Å². The molecule has 0 aliphatic rings. The van der Waals surface area contributed by atoms with Gasteiger partial charge in [-0.3, -0.25) is 0 Å². The summed E-state index contributed by atoms with van der Waals surface area (Å²) in [6, 6.07) is 0. The standard InChI is InChI=1S/C13H24O/c1-5-9-13(14,10-6-2)11-7-8-12(3)4/h5-6,12,14H,1-2,7-11H2,3-4H3. The van der Waals surface area contributed by atoms with Gasteiger partial charge in [0.15, 0.2) is 0 Å². The summed E-state index contributed by atoms with van der Waals surface area (Å²) in [5.74, 6) is 0.715. The maximum Gasteiger partial charge on any atom is 0.0716 e. The fourth-order valence-corrected chi connectivity index (χ4v) is 1.66. The predicted molar refractivity (Wildman–Crippen MR) is 63.3 cm³/mol. The average molecular weight is 196 g/mol. The first kappa shape index (κ1) is 13.4. The Labute approximate surface area is 88.5 Å². The zero-order chi connectivity index (χ0) is 11.0. The summed E-state index contributed by atoms with van der Waals surface area (Å²) < 4.78 is 0. The zero-order valence-corrected chi connectivity index (χ0v) is 9.63. The van der Waals surface area contributed by atoms with Gasteiger partial charge in [-0.1, -0.05) is 38.8 Å². The fraction of sp³-hybridized carbons (Fsp3) is 0.692. The molecule has 0 aromatic heterocycles. The van der Waals surface area contributed by atoms with Crippen molar-refractivity contribution in [1.82, 2.24) is 0 Å². The van der Waals surface area contributed by atoms with Crippen molar-refractivity contribution >= 4 is 0 Å². The molecule has 0 amide bonds. The van der Waals surface area contributed by atoms with E-state index in [1.165, 1.54) is 6.42 Å². The van der Waals surface area contributed by atoms with Crippen LogP contribution in [0.2, 0.25) is 0 Å². The van der Waals surface area contributed by atoms with E-state index in [0.29, 0.717) is 18.8 Å². The van der Waals surface area contributed by atoms with Gasteiger partial charge in [-0.2, -0.15) is 0 Å². The molecule has 14 heavy (non-hydrogen) atoms. The van der Waals surface area contributed by atoms with Gasteiger partial charge in [0.2, 0.25) is 0 Å². The van der Waals surface area contributed by atoms with E-state index in [-0.39, 0.29) is 0 Å². The second-order valence-corrected chi connectivity index (χ2v) is 4.50. The maximum atomic E-state index is 10.2. The molecule has 82 valence electrons. The molecule has 0 aromatic rings. The molecular weight excluding hydrogens is 172 g/mol. The van der Waals surface area contributed by atoms with Crippen LogP contribution in [0.1, 0.15) is 46.0 Å². The first-order valence-electron chi connectivity index (χ1n) is 5.48. The van der Waals surface area contributed by atoms with Crippen LogP contribution in [0.3, 0.4) is 0 Å². The third kappa shape index (κ3) is 5.98. The van der Waals surface area contributed by atoms with Crippen LogP contribution < -0.4 is 0 Å². The summed E-state index contributed by atoms with van der Waals surface area (Å²) in [6.07, 6.45) is 8.02. The molecule has 0 rings (SSSR count). The highest BCUT2D eigenvalue weighted by Crippen LogP contribution is 2.24. The van der Waals surface area contributed by atoms with Crippen molar-refractivity contribution in [3.8, 4) is 0 Å². The molecule has 0 aromatic carbocycles. The van der Waals surface area contributed by atoms with Crippen molar-refractivity contribution in [3.05, 3.63) is 25.3 Å². The molecular formula is C13H24O. The van der Waals surface area contributed by atoms with Crippen LogP contribution in [0.15, 0.2) is 25.3 Å². The Morgan fingerprint density at radius 2 is 1.71 bits per heavy atom. The Kier molecular flexibility index (Phi) is 6.56. The highest BCUT2D eigenvalue weighted by atomic mass is 16.3. The van der Waals surface area contributed by atoms with Crippen LogP contribution >= 0.6 is 0 Å². The zero-order valence-electron chi connectivity index (χ0n) is 9.63. The van der Waals surface area contributed by atoms with Gasteiger partial charge in [-0.05, 0) is 25.2 Å². The Bertz CT molecular complexity index is 160. The second kappa shape index (κ2) is 6.83. The molecule has 0 spiro atoms. The molecule has 0 aliphatic carbocycles. The van der Waals surface area contributed by atoms with Crippen LogP contribution in [0.25, 0.3) is 0 Å². The van der Waals surface area contributed by atoms with Gasteiger partial charge < -0.3 is 5.11 Å². The molecule has 0 saturated carbocycles. The van der Waals surface area contributed by atoms with Crippen LogP contribution in [0.4, 0.5) is 0 Å². The first-order valence-corrected chi connectivity index (χ1v) is 5.48. The molecule has 1 nitrogen and oxygen atoms in total. The summed E-state index contributed by atoms with van der Waals surface area (Å²) in [6.45, 7) is 11.8. The highest BCUT2D eigenvalue weighted by molar-refractivity contribution is 4.91. The van der Waals surface area contributed by atoms with Crippen LogP contribution in [-0.4, -0.2) is 10.7 Å². The predicted octanol–water partition coefficient (Wildman–Crippen LogP) is 3.70. The quantitative estimate of drug-likeness (QED) is 0.587. The van der Waals surface area contributed by atoms with Crippen molar-refractivity contribution in [2.45, 2.75) is 51.6 Å². The number of hydrogen-bond donors (Lipinski definition) is 1. The molecule has 0 aliphatic heterocycles. The first-order chi connectivity index (χ1) is 6.54. The Morgan fingerprint density at radius 3 is 2.07 bits per heavy atom. The molecule has 1 N–H and O–H groups in total. The molecule has 0 atom stereocenters. The third-order valence-electron chi connectivity index (χ3n) is 2.47. The lowest BCUT2D eigenvalue weighted by molar-refractivity contribution is 0.0341. The number of hydrogen-bond acceptors (Lipinski definition) is 1. The minimum Gasteiger partial charge on any atom is -0.389 e. The summed E-state index contributed by atoms with van der Waals surface area (Å²) in [7, 11) is 0. The normalized spacial score (nSPS) is 11.7. The summed E-state index contributed by atoms with van der Waals surface area (Å²) in [5.41, 5.74) is -0.599. The lowest BCUT2D eigenvalue weighted by Crippen LogP contribution is -2.27. The highest BCUT2D eigenvalue weighted by Gasteiger charge is 2.22. The van der Waals surface area contributed by atoms with Gasteiger partial charge in [0.05, 0.1) is 5.60 Å². The van der Waals surface area contributed by atoms with Gasteiger partial charge >= 0.3 is 0 Å². The van der Waals surface area contributed by atoms with E-state index in [1.807, 2.05) is 0 Å². The second-order valence-electron chi connectivity index (χ2n) is 4.50. The van der Waals surface area contributed by atoms with Crippen molar-refractivity contribution < 1.29 is 5.11 Å². The maximum absolute atomic E-state index is 10.2. The van der Waals surface area contributed by atoms with E-state index in [0.717, 1.165) is 12.8 Å². The summed E-state index contributed by atoms with van der Waals surface area (Å²) in [5, 5.41) is 10.2. The Balaban J connectivity index is 3.94. The largest absolute Gasteiger partial charge is 0.389 e. The fourth-order valence-electron chi connectivity index (χ4n) is 1.66. The topological polar surface area (TPSA) is 20.2 Å². The molecule has 0 fully saturated rings. The van der Waals surface area contributed by atoms with Gasteiger partial charge in [0, 0.05) is 0 Å². The van der Waals surface area contributed by atoms with Crippen LogP contribution in [0.5, 0.6) is 0 Å². The van der Waals surface area contributed by atoms with Crippen molar-refractivity contribution in [3.63, 3.8) is 0 Å². The number of aliphatic hydroxyl groups is 1. The van der Waals surface area contributed by atoms with E-state index in [4.69, 9.17) is 0 Å². The SMILES string of the molecule is C=CCC(O)(CC=C)CCCC(C)C.